The zero-order valence-corrected chi connectivity index (χ0v) is 13.4. The molecule has 0 aliphatic carbocycles. The van der Waals surface area contributed by atoms with E-state index in [4.69, 9.17) is 22.1 Å². The van der Waals surface area contributed by atoms with Gasteiger partial charge in [-0.2, -0.15) is 0 Å². The second-order valence-corrected chi connectivity index (χ2v) is 5.39. The number of ether oxygens (including phenoxy) is 1. The lowest BCUT2D eigenvalue weighted by atomic mass is 10.2. The molecule has 0 spiro atoms. The molecule has 0 heterocycles. The summed E-state index contributed by atoms with van der Waals surface area (Å²) in [6.45, 7) is 3.78. The van der Waals surface area contributed by atoms with Gasteiger partial charge < -0.3 is 15.8 Å². The number of aryl methyl sites for hydroxylation is 1. The van der Waals surface area contributed by atoms with Crippen molar-refractivity contribution in [3.63, 3.8) is 0 Å². The minimum atomic E-state index is -0.621. The number of rotatable bonds is 5. The maximum atomic E-state index is 12.1. The number of hydrogen-bond donors (Lipinski definition) is 2. The molecular formula is C17H19ClN2O2. The van der Waals surface area contributed by atoms with Crippen LogP contribution in [0.2, 0.25) is 5.02 Å². The molecule has 0 fully saturated rings. The van der Waals surface area contributed by atoms with Gasteiger partial charge in [0.1, 0.15) is 5.75 Å². The van der Waals surface area contributed by atoms with E-state index >= 15 is 0 Å². The number of benzene rings is 2. The molecule has 0 unspecified atom stereocenters. The summed E-state index contributed by atoms with van der Waals surface area (Å²) in [5.41, 5.74) is 7.94. The number of nitrogens with two attached hydrogens (primary N) is 1. The lowest BCUT2D eigenvalue weighted by molar-refractivity contribution is -0.122. The average molecular weight is 319 g/mol. The van der Waals surface area contributed by atoms with Crippen LogP contribution < -0.4 is 15.8 Å². The van der Waals surface area contributed by atoms with Gasteiger partial charge in [0.2, 0.25) is 0 Å². The van der Waals surface area contributed by atoms with Crippen LogP contribution in [0.5, 0.6) is 5.75 Å². The van der Waals surface area contributed by atoms with E-state index in [1.807, 2.05) is 24.3 Å². The van der Waals surface area contributed by atoms with E-state index in [1.165, 1.54) is 5.56 Å². The summed E-state index contributed by atoms with van der Waals surface area (Å²) in [7, 11) is 0. The van der Waals surface area contributed by atoms with Gasteiger partial charge in [-0.15, -0.1) is 0 Å². The van der Waals surface area contributed by atoms with E-state index in [9.17, 15) is 4.79 Å². The van der Waals surface area contributed by atoms with Gasteiger partial charge in [0.05, 0.1) is 10.7 Å². The highest BCUT2D eigenvalue weighted by Gasteiger charge is 2.15. The molecule has 116 valence electrons. The summed E-state index contributed by atoms with van der Waals surface area (Å²) >= 11 is 5.85. The van der Waals surface area contributed by atoms with Crippen LogP contribution in [0, 0.1) is 0 Å². The second kappa shape index (κ2) is 7.18. The number of halogens is 1. The molecule has 0 aliphatic heterocycles. The van der Waals surface area contributed by atoms with Crippen LogP contribution in [0.1, 0.15) is 19.4 Å². The molecule has 0 saturated heterocycles. The first-order valence-electron chi connectivity index (χ1n) is 7.11. The molecule has 1 amide bonds. The third-order valence-electron chi connectivity index (χ3n) is 3.28. The lowest BCUT2D eigenvalue weighted by Gasteiger charge is -2.15. The van der Waals surface area contributed by atoms with E-state index in [-0.39, 0.29) is 5.91 Å². The first-order valence-corrected chi connectivity index (χ1v) is 7.49. The van der Waals surface area contributed by atoms with Crippen LogP contribution in [0.15, 0.2) is 42.5 Å². The van der Waals surface area contributed by atoms with Crippen LogP contribution in [-0.2, 0) is 11.2 Å². The Morgan fingerprint density at radius 2 is 1.95 bits per heavy atom. The van der Waals surface area contributed by atoms with E-state index in [2.05, 4.69) is 12.2 Å². The van der Waals surface area contributed by atoms with E-state index in [0.717, 1.165) is 6.42 Å². The van der Waals surface area contributed by atoms with Crippen molar-refractivity contribution in [1.29, 1.82) is 0 Å². The molecule has 4 nitrogen and oxygen atoms in total. The fraction of sp³-hybridized carbons (Fsp3) is 0.235. The minimum absolute atomic E-state index is 0.249. The van der Waals surface area contributed by atoms with Crippen LogP contribution in [0.25, 0.3) is 0 Å². The van der Waals surface area contributed by atoms with E-state index in [1.54, 1.807) is 25.1 Å². The SMILES string of the molecule is CCc1ccc(O[C@H](C)C(=O)Nc2ccc(Cl)c(N)c2)cc1. The molecule has 1 atom stereocenters. The van der Waals surface area contributed by atoms with Gasteiger partial charge in [0.15, 0.2) is 6.10 Å². The van der Waals surface area contributed by atoms with Crippen LogP contribution in [0.3, 0.4) is 0 Å². The van der Waals surface area contributed by atoms with Crippen LogP contribution >= 0.6 is 11.6 Å². The van der Waals surface area contributed by atoms with Crippen molar-refractivity contribution in [3.8, 4) is 5.75 Å². The number of nitrogens with one attached hydrogen (secondary N) is 1. The highest BCUT2D eigenvalue weighted by molar-refractivity contribution is 6.33. The Bertz CT molecular complexity index is 656. The highest BCUT2D eigenvalue weighted by Crippen LogP contribution is 2.22. The predicted octanol–water partition coefficient (Wildman–Crippen LogP) is 3.89. The van der Waals surface area contributed by atoms with Crippen LogP contribution in [-0.4, -0.2) is 12.0 Å². The van der Waals surface area contributed by atoms with Gasteiger partial charge in [-0.25, -0.2) is 0 Å². The Labute approximate surface area is 135 Å². The molecule has 0 radical (unpaired) electrons. The van der Waals surface area contributed by atoms with Gasteiger partial charge in [0.25, 0.3) is 5.91 Å². The third-order valence-corrected chi connectivity index (χ3v) is 3.62. The summed E-state index contributed by atoms with van der Waals surface area (Å²) < 4.78 is 5.63. The Hall–Kier alpha value is -2.20. The summed E-state index contributed by atoms with van der Waals surface area (Å²) in [5, 5.41) is 3.21. The lowest BCUT2D eigenvalue weighted by Crippen LogP contribution is -2.30. The number of carbonyl (C=O) groups is 1. The topological polar surface area (TPSA) is 64.3 Å². The molecule has 22 heavy (non-hydrogen) atoms. The highest BCUT2D eigenvalue weighted by atomic mass is 35.5. The van der Waals surface area contributed by atoms with E-state index < -0.39 is 6.10 Å². The normalized spacial score (nSPS) is 11.8. The van der Waals surface area contributed by atoms with Crippen molar-refractivity contribution in [2.24, 2.45) is 0 Å². The molecular weight excluding hydrogens is 300 g/mol. The van der Waals surface area contributed by atoms with Crippen molar-refractivity contribution in [2.45, 2.75) is 26.4 Å². The molecule has 2 aromatic carbocycles. The van der Waals surface area contributed by atoms with Gasteiger partial charge in [-0.05, 0) is 49.2 Å². The molecule has 3 N–H and O–H groups in total. The molecule has 2 aromatic rings. The smallest absolute Gasteiger partial charge is 0.265 e. The standard InChI is InChI=1S/C17H19ClN2O2/c1-3-12-4-7-14(8-5-12)22-11(2)17(21)20-13-6-9-15(18)16(19)10-13/h4-11H,3,19H2,1-2H3,(H,20,21)/t11-/m1/s1. The predicted molar refractivity (Wildman–Crippen MR) is 90.4 cm³/mol. The monoisotopic (exact) mass is 318 g/mol. The number of nitrogen functional groups attached to an aromatic ring is 1. The number of anilines is 2. The maximum absolute atomic E-state index is 12.1. The molecule has 0 aliphatic rings. The fourth-order valence-corrected chi connectivity index (χ4v) is 2.04. The van der Waals surface area contributed by atoms with Crippen molar-refractivity contribution in [3.05, 3.63) is 53.1 Å². The Kier molecular flexibility index (Phi) is 5.28. The van der Waals surface area contributed by atoms with Crippen LogP contribution in [0.4, 0.5) is 11.4 Å². The zero-order valence-electron chi connectivity index (χ0n) is 12.6. The summed E-state index contributed by atoms with van der Waals surface area (Å²) in [4.78, 5) is 12.1. The Morgan fingerprint density at radius 3 is 2.55 bits per heavy atom. The summed E-state index contributed by atoms with van der Waals surface area (Å²) in [6.07, 6.45) is 0.346. The first-order chi connectivity index (χ1) is 10.5. The van der Waals surface area contributed by atoms with Crippen molar-refractivity contribution >= 4 is 28.9 Å². The molecule has 0 bridgehead atoms. The average Bonchev–Trinajstić information content (AvgIpc) is 2.51. The van der Waals surface area contributed by atoms with Crippen molar-refractivity contribution < 1.29 is 9.53 Å². The summed E-state index contributed by atoms with van der Waals surface area (Å²) in [6, 6.07) is 12.6. The molecule has 0 aromatic heterocycles. The maximum Gasteiger partial charge on any atom is 0.265 e. The summed E-state index contributed by atoms with van der Waals surface area (Å²) in [5.74, 6) is 0.414. The second-order valence-electron chi connectivity index (χ2n) is 4.98. The van der Waals surface area contributed by atoms with Gasteiger partial charge in [0, 0.05) is 5.69 Å². The van der Waals surface area contributed by atoms with Crippen molar-refractivity contribution in [2.75, 3.05) is 11.1 Å². The minimum Gasteiger partial charge on any atom is -0.481 e. The quantitative estimate of drug-likeness (QED) is 0.822. The molecule has 0 saturated carbocycles. The van der Waals surface area contributed by atoms with Gasteiger partial charge >= 0.3 is 0 Å². The third kappa shape index (κ3) is 4.15. The molecule has 2 rings (SSSR count). The van der Waals surface area contributed by atoms with E-state index in [0.29, 0.717) is 22.1 Å². The Balaban J connectivity index is 1.97. The van der Waals surface area contributed by atoms with Gasteiger partial charge in [-0.3, -0.25) is 4.79 Å². The Morgan fingerprint density at radius 1 is 1.27 bits per heavy atom. The zero-order chi connectivity index (χ0) is 16.1. The first kappa shape index (κ1) is 16.2. The number of amides is 1. The fourth-order valence-electron chi connectivity index (χ4n) is 1.93. The molecule has 5 heteroatoms. The number of carbonyl (C=O) groups excluding carboxylic acids is 1. The largest absolute Gasteiger partial charge is 0.481 e. The van der Waals surface area contributed by atoms with Crippen molar-refractivity contribution in [1.82, 2.24) is 0 Å². The number of hydrogen-bond acceptors (Lipinski definition) is 3. The van der Waals surface area contributed by atoms with Gasteiger partial charge in [-0.1, -0.05) is 30.7 Å².